The van der Waals surface area contributed by atoms with Gasteiger partial charge in [0.05, 0.1) is 32.7 Å². The highest BCUT2D eigenvalue weighted by Crippen LogP contribution is 2.28. The van der Waals surface area contributed by atoms with Gasteiger partial charge < -0.3 is 9.47 Å². The van der Waals surface area contributed by atoms with Gasteiger partial charge in [-0.05, 0) is 37.1 Å². The SMILES string of the molecule is CCn1nccc1CN(CCc1ccc(OC)c(OC)c1)S(=O)(=O)c1cnn(C)c1. The number of aryl methyl sites for hydroxylation is 2. The summed E-state index contributed by atoms with van der Waals surface area (Å²) in [7, 11) is 1.12. The van der Waals surface area contributed by atoms with Gasteiger partial charge in [0.15, 0.2) is 11.5 Å². The van der Waals surface area contributed by atoms with Gasteiger partial charge in [0.2, 0.25) is 10.0 Å². The number of aromatic nitrogens is 4. The lowest BCUT2D eigenvalue weighted by atomic mass is 10.1. The Labute approximate surface area is 176 Å². The summed E-state index contributed by atoms with van der Waals surface area (Å²) in [4.78, 5) is 0.167. The number of rotatable bonds is 10. The summed E-state index contributed by atoms with van der Waals surface area (Å²) in [6.07, 6.45) is 5.08. The molecule has 2 aromatic heterocycles. The molecule has 3 rings (SSSR count). The molecule has 10 heteroatoms. The van der Waals surface area contributed by atoms with Crippen molar-refractivity contribution >= 4 is 10.0 Å². The standard InChI is InChI=1S/C20H27N5O4S/c1-5-25-17(8-10-21-25)14-24(30(26,27)18-13-22-23(2)15-18)11-9-16-6-7-19(28-3)20(12-16)29-4/h6-8,10,12-13,15H,5,9,11,14H2,1-4H3. The Morgan fingerprint density at radius 1 is 1.10 bits per heavy atom. The maximum absolute atomic E-state index is 13.3. The Morgan fingerprint density at radius 2 is 1.87 bits per heavy atom. The average molecular weight is 434 g/mol. The Bertz CT molecular complexity index is 1090. The van der Waals surface area contributed by atoms with Gasteiger partial charge in [-0.2, -0.15) is 14.5 Å². The monoisotopic (exact) mass is 433 g/mol. The van der Waals surface area contributed by atoms with Crippen molar-refractivity contribution < 1.29 is 17.9 Å². The number of hydrogen-bond acceptors (Lipinski definition) is 6. The van der Waals surface area contributed by atoms with Crippen LogP contribution in [0.3, 0.4) is 0 Å². The van der Waals surface area contributed by atoms with Crippen LogP contribution in [0.25, 0.3) is 0 Å². The summed E-state index contributed by atoms with van der Waals surface area (Å²) in [5.41, 5.74) is 1.78. The third-order valence-electron chi connectivity index (χ3n) is 4.86. The molecule has 0 spiro atoms. The van der Waals surface area contributed by atoms with Crippen LogP contribution in [0.5, 0.6) is 11.5 Å². The maximum Gasteiger partial charge on any atom is 0.246 e. The molecule has 0 radical (unpaired) electrons. The third-order valence-corrected chi connectivity index (χ3v) is 6.66. The Morgan fingerprint density at radius 3 is 2.50 bits per heavy atom. The molecule has 0 aliphatic rings. The normalized spacial score (nSPS) is 11.8. The van der Waals surface area contributed by atoms with Gasteiger partial charge in [-0.25, -0.2) is 8.42 Å². The van der Waals surface area contributed by atoms with Crippen LogP contribution in [0.1, 0.15) is 18.2 Å². The molecule has 0 saturated carbocycles. The molecule has 1 aromatic carbocycles. The van der Waals surface area contributed by atoms with Gasteiger partial charge >= 0.3 is 0 Å². The zero-order chi connectivity index (χ0) is 21.7. The van der Waals surface area contributed by atoms with Crippen LogP contribution in [0.15, 0.2) is 47.8 Å². The van der Waals surface area contributed by atoms with Crippen molar-refractivity contribution in [2.75, 3.05) is 20.8 Å². The minimum absolute atomic E-state index is 0.167. The van der Waals surface area contributed by atoms with Gasteiger partial charge in [-0.3, -0.25) is 9.36 Å². The predicted octanol–water partition coefficient (Wildman–Crippen LogP) is 2.09. The van der Waals surface area contributed by atoms with Gasteiger partial charge in [0.25, 0.3) is 0 Å². The first-order chi connectivity index (χ1) is 14.4. The average Bonchev–Trinajstić information content (AvgIpc) is 3.39. The van der Waals surface area contributed by atoms with Crippen LogP contribution >= 0.6 is 0 Å². The second kappa shape index (κ2) is 9.31. The summed E-state index contributed by atoms with van der Waals surface area (Å²) in [6.45, 7) is 3.15. The largest absolute Gasteiger partial charge is 0.493 e. The highest BCUT2D eigenvalue weighted by Gasteiger charge is 2.27. The smallest absolute Gasteiger partial charge is 0.246 e. The lowest BCUT2D eigenvalue weighted by molar-refractivity contribution is 0.354. The second-order valence-electron chi connectivity index (χ2n) is 6.77. The van der Waals surface area contributed by atoms with E-state index in [1.807, 2.05) is 31.2 Å². The predicted molar refractivity (Wildman–Crippen MR) is 112 cm³/mol. The van der Waals surface area contributed by atoms with E-state index < -0.39 is 10.0 Å². The molecular formula is C20H27N5O4S. The molecule has 0 fully saturated rings. The van der Waals surface area contributed by atoms with Crippen molar-refractivity contribution in [1.29, 1.82) is 0 Å². The molecule has 0 N–H and O–H groups in total. The molecule has 0 saturated heterocycles. The summed E-state index contributed by atoms with van der Waals surface area (Å²) in [5.74, 6) is 1.24. The minimum atomic E-state index is -3.73. The minimum Gasteiger partial charge on any atom is -0.493 e. The number of hydrogen-bond donors (Lipinski definition) is 0. The molecular weight excluding hydrogens is 406 g/mol. The quantitative estimate of drug-likeness (QED) is 0.486. The van der Waals surface area contributed by atoms with Crippen molar-refractivity contribution in [2.45, 2.75) is 31.3 Å². The highest BCUT2D eigenvalue weighted by atomic mass is 32.2. The molecule has 0 aliphatic carbocycles. The van der Waals surface area contributed by atoms with E-state index in [2.05, 4.69) is 10.2 Å². The van der Waals surface area contributed by atoms with Gasteiger partial charge in [0, 0.05) is 32.5 Å². The fourth-order valence-electron chi connectivity index (χ4n) is 3.22. The first-order valence-electron chi connectivity index (χ1n) is 9.59. The fraction of sp³-hybridized carbons (Fsp3) is 0.400. The van der Waals surface area contributed by atoms with Crippen LogP contribution < -0.4 is 9.47 Å². The zero-order valence-electron chi connectivity index (χ0n) is 17.6. The van der Waals surface area contributed by atoms with Gasteiger partial charge in [-0.15, -0.1) is 0 Å². The fourth-order valence-corrected chi connectivity index (χ4v) is 4.61. The van der Waals surface area contributed by atoms with Gasteiger partial charge in [-0.1, -0.05) is 6.07 Å². The van der Waals surface area contributed by atoms with E-state index in [1.54, 1.807) is 32.1 Å². The van der Waals surface area contributed by atoms with Crippen LogP contribution in [-0.2, 0) is 36.6 Å². The maximum atomic E-state index is 13.3. The number of ether oxygens (including phenoxy) is 2. The molecule has 0 aliphatic heterocycles. The van der Waals surface area contributed by atoms with Crippen LogP contribution in [0, 0.1) is 0 Å². The van der Waals surface area contributed by atoms with Crippen molar-refractivity contribution in [3.63, 3.8) is 0 Å². The lowest BCUT2D eigenvalue weighted by Gasteiger charge is -2.22. The Hall–Kier alpha value is -2.85. The van der Waals surface area contributed by atoms with Crippen molar-refractivity contribution in [2.24, 2.45) is 7.05 Å². The molecule has 0 unspecified atom stereocenters. The van der Waals surface area contributed by atoms with E-state index in [0.29, 0.717) is 31.0 Å². The van der Waals surface area contributed by atoms with Crippen molar-refractivity contribution in [3.05, 3.63) is 54.1 Å². The van der Waals surface area contributed by atoms with E-state index in [-0.39, 0.29) is 11.4 Å². The van der Waals surface area contributed by atoms with Crippen LogP contribution in [0.2, 0.25) is 0 Å². The molecule has 0 amide bonds. The van der Waals surface area contributed by atoms with Crippen molar-refractivity contribution in [3.8, 4) is 11.5 Å². The summed E-state index contributed by atoms with van der Waals surface area (Å²) >= 11 is 0. The van der Waals surface area contributed by atoms with E-state index >= 15 is 0 Å². The molecule has 0 atom stereocenters. The van der Waals surface area contributed by atoms with Crippen molar-refractivity contribution in [1.82, 2.24) is 23.9 Å². The highest BCUT2D eigenvalue weighted by molar-refractivity contribution is 7.89. The molecule has 9 nitrogen and oxygen atoms in total. The topological polar surface area (TPSA) is 91.5 Å². The first kappa shape index (κ1) is 21.8. The lowest BCUT2D eigenvalue weighted by Crippen LogP contribution is -2.33. The molecule has 30 heavy (non-hydrogen) atoms. The molecule has 162 valence electrons. The number of benzene rings is 1. The van der Waals surface area contributed by atoms with Gasteiger partial charge in [0.1, 0.15) is 4.90 Å². The number of sulfonamides is 1. The van der Waals surface area contributed by atoms with E-state index in [1.165, 1.54) is 21.4 Å². The Kier molecular flexibility index (Phi) is 6.78. The first-order valence-corrected chi connectivity index (χ1v) is 11.0. The van der Waals surface area contributed by atoms with E-state index in [0.717, 1.165) is 11.3 Å². The third kappa shape index (κ3) is 4.65. The summed E-state index contributed by atoms with van der Waals surface area (Å²) in [6, 6.07) is 7.43. The van der Waals surface area contributed by atoms with Crippen LogP contribution in [-0.4, -0.2) is 53.0 Å². The summed E-state index contributed by atoms with van der Waals surface area (Å²) in [5, 5.41) is 8.27. The molecule has 2 heterocycles. The second-order valence-corrected chi connectivity index (χ2v) is 8.70. The van der Waals surface area contributed by atoms with E-state index in [9.17, 15) is 8.42 Å². The molecule has 0 bridgehead atoms. The number of methoxy groups -OCH3 is 2. The van der Waals surface area contributed by atoms with E-state index in [4.69, 9.17) is 9.47 Å². The summed E-state index contributed by atoms with van der Waals surface area (Å²) < 4.78 is 42.0. The molecule has 3 aromatic rings. The Balaban J connectivity index is 1.88. The number of nitrogens with zero attached hydrogens (tertiary/aromatic N) is 5. The zero-order valence-corrected chi connectivity index (χ0v) is 18.5. The van der Waals surface area contributed by atoms with Crippen LogP contribution in [0.4, 0.5) is 0 Å².